The van der Waals surface area contributed by atoms with Crippen LogP contribution in [-0.4, -0.2) is 42.2 Å². The molecule has 0 spiro atoms. The molecule has 3 heterocycles. The first-order chi connectivity index (χ1) is 15.9. The minimum Gasteiger partial charge on any atom is -0.494 e. The van der Waals surface area contributed by atoms with Gasteiger partial charge in [-0.05, 0) is 56.9 Å². The van der Waals surface area contributed by atoms with Gasteiger partial charge in [0.25, 0.3) is 5.56 Å². The average Bonchev–Trinajstić information content (AvgIpc) is 3.11. The number of rotatable bonds is 8. The highest BCUT2D eigenvalue weighted by atomic mass is 32.1. The van der Waals surface area contributed by atoms with Crippen molar-refractivity contribution in [2.45, 2.75) is 51.9 Å². The molecule has 8 heteroatoms. The number of carbonyl (C=O) groups is 1. The van der Waals surface area contributed by atoms with E-state index in [1.165, 1.54) is 16.9 Å². The van der Waals surface area contributed by atoms with Crippen molar-refractivity contribution in [1.82, 2.24) is 15.3 Å². The second kappa shape index (κ2) is 10.1. The summed E-state index contributed by atoms with van der Waals surface area (Å²) in [6, 6.07) is 8.17. The molecule has 0 atom stereocenters. The fourth-order valence-electron chi connectivity index (χ4n) is 4.41. The number of hydrogen-bond acceptors (Lipinski definition) is 6. The molecular weight excluding hydrogens is 438 g/mol. The molecular formula is C25H31N3O4S. The summed E-state index contributed by atoms with van der Waals surface area (Å²) in [5, 5.41) is 3.78. The van der Waals surface area contributed by atoms with E-state index in [0.717, 1.165) is 33.9 Å². The summed E-state index contributed by atoms with van der Waals surface area (Å²) >= 11 is 1.52. The molecule has 0 unspecified atom stereocenters. The van der Waals surface area contributed by atoms with Gasteiger partial charge in [0.2, 0.25) is 5.91 Å². The standard InChI is InChI=1S/C25H31N3O4S/c1-4-32-19-7-5-18(6-8-19)25(11-13-31-14-12-25)15-26-21(29)10-9-20-27-23(30)22-16(2)17(3)33-24(22)28-20/h5-8H,4,9-15H2,1-3H3,(H,26,29)(H,27,28,30). The van der Waals surface area contributed by atoms with Crippen molar-refractivity contribution in [3.8, 4) is 5.75 Å². The van der Waals surface area contributed by atoms with Gasteiger partial charge in [-0.15, -0.1) is 11.3 Å². The fraction of sp³-hybridized carbons (Fsp3) is 0.480. The third-order valence-electron chi connectivity index (χ3n) is 6.53. The van der Waals surface area contributed by atoms with Crippen LogP contribution in [0.15, 0.2) is 29.1 Å². The van der Waals surface area contributed by atoms with Gasteiger partial charge in [0.1, 0.15) is 16.4 Å². The highest BCUT2D eigenvalue weighted by molar-refractivity contribution is 7.18. The molecule has 0 saturated carbocycles. The Bertz CT molecular complexity index is 1180. The molecule has 2 aromatic heterocycles. The van der Waals surface area contributed by atoms with Gasteiger partial charge in [-0.2, -0.15) is 0 Å². The lowest BCUT2D eigenvalue weighted by molar-refractivity contribution is -0.121. The maximum Gasteiger partial charge on any atom is 0.259 e. The van der Waals surface area contributed by atoms with Crippen molar-refractivity contribution in [2.75, 3.05) is 26.4 Å². The molecule has 1 amide bonds. The van der Waals surface area contributed by atoms with Crippen LogP contribution in [0.25, 0.3) is 10.2 Å². The van der Waals surface area contributed by atoms with Crippen LogP contribution in [0.1, 0.15) is 48.0 Å². The van der Waals surface area contributed by atoms with Crippen molar-refractivity contribution in [3.05, 3.63) is 56.4 Å². The number of nitrogens with one attached hydrogen (secondary N) is 2. The summed E-state index contributed by atoms with van der Waals surface area (Å²) in [5.41, 5.74) is 1.88. The van der Waals surface area contributed by atoms with Crippen molar-refractivity contribution >= 4 is 27.5 Å². The van der Waals surface area contributed by atoms with Crippen LogP contribution in [0.5, 0.6) is 5.75 Å². The number of aromatic nitrogens is 2. The predicted molar refractivity (Wildman–Crippen MR) is 130 cm³/mol. The number of benzene rings is 1. The Hall–Kier alpha value is -2.71. The summed E-state index contributed by atoms with van der Waals surface area (Å²) in [6.07, 6.45) is 2.37. The van der Waals surface area contributed by atoms with Crippen molar-refractivity contribution in [2.24, 2.45) is 0 Å². The van der Waals surface area contributed by atoms with E-state index in [1.54, 1.807) is 0 Å². The largest absolute Gasteiger partial charge is 0.494 e. The second-order valence-electron chi connectivity index (χ2n) is 8.60. The van der Waals surface area contributed by atoms with E-state index in [0.29, 0.717) is 44.0 Å². The summed E-state index contributed by atoms with van der Waals surface area (Å²) < 4.78 is 11.2. The Morgan fingerprint density at radius 1 is 1.24 bits per heavy atom. The lowest BCUT2D eigenvalue weighted by atomic mass is 9.74. The van der Waals surface area contributed by atoms with Gasteiger partial charge in [-0.1, -0.05) is 12.1 Å². The topological polar surface area (TPSA) is 93.3 Å². The van der Waals surface area contributed by atoms with Gasteiger partial charge >= 0.3 is 0 Å². The van der Waals surface area contributed by atoms with Crippen LogP contribution in [0, 0.1) is 13.8 Å². The molecule has 1 saturated heterocycles. The maximum absolute atomic E-state index is 12.7. The van der Waals surface area contributed by atoms with Gasteiger partial charge in [0.15, 0.2) is 0 Å². The van der Waals surface area contributed by atoms with E-state index in [-0.39, 0.29) is 23.3 Å². The third-order valence-corrected chi connectivity index (χ3v) is 7.63. The number of thiophene rings is 1. The first-order valence-corrected chi connectivity index (χ1v) is 12.3. The fourth-order valence-corrected chi connectivity index (χ4v) is 5.46. The van der Waals surface area contributed by atoms with E-state index in [9.17, 15) is 9.59 Å². The molecule has 3 aromatic rings. The molecule has 2 N–H and O–H groups in total. The van der Waals surface area contributed by atoms with Gasteiger partial charge in [-0.3, -0.25) is 9.59 Å². The van der Waals surface area contributed by atoms with E-state index in [4.69, 9.17) is 9.47 Å². The van der Waals surface area contributed by atoms with Crippen LogP contribution in [0.4, 0.5) is 0 Å². The van der Waals surface area contributed by atoms with Gasteiger partial charge in [-0.25, -0.2) is 4.98 Å². The second-order valence-corrected chi connectivity index (χ2v) is 9.81. The molecule has 33 heavy (non-hydrogen) atoms. The molecule has 7 nitrogen and oxygen atoms in total. The normalized spacial score (nSPS) is 15.5. The lowest BCUT2D eigenvalue weighted by Gasteiger charge is -2.38. The van der Waals surface area contributed by atoms with Crippen LogP contribution < -0.4 is 15.6 Å². The van der Waals surface area contributed by atoms with Gasteiger partial charge in [0.05, 0.1) is 12.0 Å². The number of ether oxygens (including phenoxy) is 2. The number of aryl methyl sites for hydroxylation is 3. The molecule has 1 aliphatic rings. The first-order valence-electron chi connectivity index (χ1n) is 11.5. The highest BCUT2D eigenvalue weighted by Gasteiger charge is 2.34. The van der Waals surface area contributed by atoms with Crippen molar-refractivity contribution in [1.29, 1.82) is 0 Å². The number of H-pyrrole nitrogens is 1. The van der Waals surface area contributed by atoms with E-state index in [1.807, 2.05) is 32.9 Å². The minimum absolute atomic E-state index is 0.0481. The number of nitrogens with zero attached hydrogens (tertiary/aromatic N) is 1. The molecule has 0 aliphatic carbocycles. The SMILES string of the molecule is CCOc1ccc(C2(CNC(=O)CCc3nc4sc(C)c(C)c4c(=O)[nH]3)CCOCC2)cc1. The zero-order chi connectivity index (χ0) is 23.4. The molecule has 0 radical (unpaired) electrons. The highest BCUT2D eigenvalue weighted by Crippen LogP contribution is 2.35. The summed E-state index contributed by atoms with van der Waals surface area (Å²) in [4.78, 5) is 34.4. The first kappa shape index (κ1) is 23.4. The Balaban J connectivity index is 1.41. The van der Waals surface area contributed by atoms with Crippen LogP contribution in [0.3, 0.4) is 0 Å². The van der Waals surface area contributed by atoms with Crippen LogP contribution in [0.2, 0.25) is 0 Å². The third kappa shape index (κ3) is 5.12. The van der Waals surface area contributed by atoms with E-state index >= 15 is 0 Å². The maximum atomic E-state index is 12.7. The van der Waals surface area contributed by atoms with Gasteiger partial charge < -0.3 is 19.8 Å². The monoisotopic (exact) mass is 469 g/mol. The van der Waals surface area contributed by atoms with Crippen molar-refractivity contribution < 1.29 is 14.3 Å². The molecule has 0 bridgehead atoms. The molecule has 1 fully saturated rings. The summed E-state index contributed by atoms with van der Waals surface area (Å²) in [6.45, 7) is 8.43. The smallest absolute Gasteiger partial charge is 0.259 e. The van der Waals surface area contributed by atoms with E-state index < -0.39 is 0 Å². The summed E-state index contributed by atoms with van der Waals surface area (Å²) in [5.74, 6) is 1.35. The average molecular weight is 470 g/mol. The molecule has 1 aromatic carbocycles. The molecule has 4 rings (SSSR count). The molecule has 176 valence electrons. The number of hydrogen-bond donors (Lipinski definition) is 2. The van der Waals surface area contributed by atoms with Crippen LogP contribution in [-0.2, 0) is 21.4 Å². The van der Waals surface area contributed by atoms with Crippen molar-refractivity contribution in [3.63, 3.8) is 0 Å². The Kier molecular flexibility index (Phi) is 7.14. The van der Waals surface area contributed by atoms with E-state index in [2.05, 4.69) is 27.4 Å². The quantitative estimate of drug-likeness (QED) is 0.524. The van der Waals surface area contributed by atoms with Gasteiger partial charge in [0, 0.05) is 42.9 Å². The Morgan fingerprint density at radius 2 is 1.97 bits per heavy atom. The Morgan fingerprint density at radius 3 is 2.67 bits per heavy atom. The zero-order valence-corrected chi connectivity index (χ0v) is 20.3. The number of carbonyl (C=O) groups excluding carboxylic acids is 1. The minimum atomic E-state index is -0.157. The number of amides is 1. The zero-order valence-electron chi connectivity index (χ0n) is 19.5. The lowest BCUT2D eigenvalue weighted by Crippen LogP contribution is -2.44. The predicted octanol–water partition coefficient (Wildman–Crippen LogP) is 3.80. The van der Waals surface area contributed by atoms with Crippen LogP contribution >= 0.6 is 11.3 Å². The number of fused-ring (bicyclic) bond motifs is 1. The Labute approximate surface area is 197 Å². The number of aromatic amines is 1. The summed E-state index contributed by atoms with van der Waals surface area (Å²) in [7, 11) is 0. The molecule has 1 aliphatic heterocycles.